The second-order valence-corrected chi connectivity index (χ2v) is 7.78. The molecule has 1 aliphatic rings. The van der Waals surface area contributed by atoms with E-state index in [9.17, 15) is 4.79 Å². The summed E-state index contributed by atoms with van der Waals surface area (Å²) in [6.07, 6.45) is 5.47. The van der Waals surface area contributed by atoms with E-state index in [0.717, 1.165) is 42.0 Å². The quantitative estimate of drug-likeness (QED) is 0.658. The highest BCUT2D eigenvalue weighted by Crippen LogP contribution is 2.34. The smallest absolute Gasteiger partial charge is 0.274 e. The Balaban J connectivity index is 1.67. The molecule has 0 aromatic carbocycles. The highest BCUT2D eigenvalue weighted by molar-refractivity contribution is 7.13. The predicted molar refractivity (Wildman–Crippen MR) is 100 cm³/mol. The summed E-state index contributed by atoms with van der Waals surface area (Å²) in [6, 6.07) is 5.81. The van der Waals surface area contributed by atoms with Crippen LogP contribution in [-0.4, -0.2) is 32.3 Å². The summed E-state index contributed by atoms with van der Waals surface area (Å²) in [5, 5.41) is 10.8. The molecule has 3 aromatic rings. The van der Waals surface area contributed by atoms with Crippen LogP contribution in [-0.2, 0) is 7.05 Å². The molecule has 0 radical (unpaired) electrons. The predicted octanol–water partition coefficient (Wildman–Crippen LogP) is 4.55. The van der Waals surface area contributed by atoms with Gasteiger partial charge in [0, 0.05) is 19.7 Å². The van der Waals surface area contributed by atoms with E-state index in [1.165, 1.54) is 10.9 Å². The van der Waals surface area contributed by atoms with Gasteiger partial charge in [-0.25, -0.2) is 0 Å². The van der Waals surface area contributed by atoms with Crippen LogP contribution in [0.1, 0.15) is 47.9 Å². The van der Waals surface area contributed by atoms with Gasteiger partial charge in [-0.2, -0.15) is 5.10 Å². The number of thiophene rings is 1. The number of aromatic nitrogens is 3. The Morgan fingerprint density at radius 2 is 2.27 bits per heavy atom. The van der Waals surface area contributed by atoms with Crippen molar-refractivity contribution in [3.63, 3.8) is 0 Å². The van der Waals surface area contributed by atoms with Gasteiger partial charge in [0.1, 0.15) is 11.4 Å². The minimum atomic E-state index is -0.117. The monoisotopic (exact) mass is 390 g/mol. The summed E-state index contributed by atoms with van der Waals surface area (Å²) in [5.74, 6) is 0.632. The van der Waals surface area contributed by atoms with E-state index in [2.05, 4.69) is 10.3 Å². The molecule has 26 heavy (non-hydrogen) atoms. The van der Waals surface area contributed by atoms with Crippen LogP contribution in [0.15, 0.2) is 34.3 Å². The minimum absolute atomic E-state index is 0.109. The van der Waals surface area contributed by atoms with Crippen LogP contribution in [0.3, 0.4) is 0 Å². The molecule has 136 valence electrons. The number of amides is 1. The first kappa shape index (κ1) is 17.3. The maximum absolute atomic E-state index is 13.2. The zero-order valence-corrected chi connectivity index (χ0v) is 16.0. The zero-order valence-electron chi connectivity index (χ0n) is 14.4. The fraction of sp³-hybridized carbons (Fsp3) is 0.389. The van der Waals surface area contributed by atoms with E-state index in [1.54, 1.807) is 18.4 Å². The van der Waals surface area contributed by atoms with Crippen molar-refractivity contribution in [2.75, 3.05) is 6.54 Å². The van der Waals surface area contributed by atoms with Crippen LogP contribution in [0.25, 0.3) is 10.6 Å². The normalized spacial score (nSPS) is 18.1. The van der Waals surface area contributed by atoms with Crippen LogP contribution < -0.4 is 0 Å². The SMILES string of the molecule is Cn1ncc(Cl)c1C(=O)N1CCCCC[C@H]1c1cc(-c2cccs2)on1. The molecule has 0 bridgehead atoms. The van der Waals surface area contributed by atoms with Crippen molar-refractivity contribution >= 4 is 28.8 Å². The van der Waals surface area contributed by atoms with E-state index in [0.29, 0.717) is 17.3 Å². The van der Waals surface area contributed by atoms with E-state index >= 15 is 0 Å². The van der Waals surface area contributed by atoms with E-state index < -0.39 is 0 Å². The molecule has 8 heteroatoms. The summed E-state index contributed by atoms with van der Waals surface area (Å²) in [4.78, 5) is 16.1. The standard InChI is InChI=1S/C18H19ClN4O2S/c1-22-17(12(19)11-20-22)18(24)23-8-4-2-3-6-14(23)13-10-15(25-21-13)16-7-5-9-26-16/h5,7,9-11,14H,2-4,6,8H2,1H3/t14-/m0/s1. The maximum atomic E-state index is 13.2. The molecule has 1 fully saturated rings. The van der Waals surface area contributed by atoms with Gasteiger partial charge in [-0.05, 0) is 24.3 Å². The molecule has 1 amide bonds. The molecule has 0 spiro atoms. The molecule has 3 aromatic heterocycles. The number of rotatable bonds is 3. The first-order chi connectivity index (χ1) is 12.6. The zero-order chi connectivity index (χ0) is 18.1. The molecule has 0 saturated carbocycles. The molecule has 0 N–H and O–H groups in total. The summed E-state index contributed by atoms with van der Waals surface area (Å²) < 4.78 is 7.08. The average Bonchev–Trinajstić information content (AvgIpc) is 3.34. The van der Waals surface area contributed by atoms with E-state index in [4.69, 9.17) is 16.1 Å². The third kappa shape index (κ3) is 3.17. The van der Waals surface area contributed by atoms with Gasteiger partial charge in [0.2, 0.25) is 0 Å². The molecular formula is C18H19ClN4O2S. The minimum Gasteiger partial charge on any atom is -0.355 e. The lowest BCUT2D eigenvalue weighted by molar-refractivity contribution is 0.0663. The van der Waals surface area contributed by atoms with Gasteiger partial charge >= 0.3 is 0 Å². The molecule has 6 nitrogen and oxygen atoms in total. The molecule has 4 rings (SSSR count). The number of aryl methyl sites for hydroxylation is 1. The first-order valence-electron chi connectivity index (χ1n) is 8.64. The van der Waals surface area contributed by atoms with Crippen LogP contribution in [0.5, 0.6) is 0 Å². The summed E-state index contributed by atoms with van der Waals surface area (Å²) in [6.45, 7) is 0.673. The van der Waals surface area contributed by atoms with Crippen LogP contribution in [0, 0.1) is 0 Å². The Bertz CT molecular complexity index is 883. The van der Waals surface area contributed by atoms with Gasteiger partial charge < -0.3 is 9.42 Å². The number of halogens is 1. The maximum Gasteiger partial charge on any atom is 0.274 e. The van der Waals surface area contributed by atoms with Crippen molar-refractivity contribution in [3.05, 3.63) is 46.2 Å². The number of carbonyl (C=O) groups is 1. The number of hydrogen-bond donors (Lipinski definition) is 0. The Labute approximate surface area is 160 Å². The molecule has 1 saturated heterocycles. The lowest BCUT2D eigenvalue weighted by Crippen LogP contribution is -2.36. The van der Waals surface area contributed by atoms with Crippen molar-refractivity contribution in [2.45, 2.75) is 31.7 Å². The van der Waals surface area contributed by atoms with Gasteiger partial charge in [-0.1, -0.05) is 35.7 Å². The number of carbonyl (C=O) groups excluding carboxylic acids is 1. The molecule has 1 aliphatic heterocycles. The van der Waals surface area contributed by atoms with Gasteiger partial charge in [0.05, 0.1) is 22.1 Å². The van der Waals surface area contributed by atoms with E-state index in [-0.39, 0.29) is 11.9 Å². The number of hydrogen-bond acceptors (Lipinski definition) is 5. The van der Waals surface area contributed by atoms with Gasteiger partial charge in [-0.3, -0.25) is 9.48 Å². The van der Waals surface area contributed by atoms with Crippen molar-refractivity contribution in [1.82, 2.24) is 19.8 Å². The number of nitrogens with zero attached hydrogens (tertiary/aromatic N) is 4. The number of likely N-dealkylation sites (tertiary alicyclic amines) is 1. The second kappa shape index (κ2) is 7.25. The summed E-state index contributed by atoms with van der Waals surface area (Å²) in [7, 11) is 1.73. The lowest BCUT2D eigenvalue weighted by Gasteiger charge is -2.28. The Morgan fingerprint density at radius 1 is 1.38 bits per heavy atom. The first-order valence-corrected chi connectivity index (χ1v) is 9.90. The van der Waals surface area contributed by atoms with Gasteiger partial charge in [0.15, 0.2) is 5.76 Å². The molecule has 1 atom stereocenters. The molecule has 0 aliphatic carbocycles. The Morgan fingerprint density at radius 3 is 3.00 bits per heavy atom. The van der Waals surface area contributed by atoms with Crippen molar-refractivity contribution < 1.29 is 9.32 Å². The van der Waals surface area contributed by atoms with Gasteiger partial charge in [0.25, 0.3) is 5.91 Å². The molecule has 4 heterocycles. The third-order valence-corrected chi connectivity index (χ3v) is 5.91. The highest BCUT2D eigenvalue weighted by Gasteiger charge is 2.32. The third-order valence-electron chi connectivity index (χ3n) is 4.74. The fourth-order valence-electron chi connectivity index (χ4n) is 3.43. The summed E-state index contributed by atoms with van der Waals surface area (Å²) >= 11 is 7.81. The highest BCUT2D eigenvalue weighted by atomic mass is 35.5. The lowest BCUT2D eigenvalue weighted by atomic mass is 10.1. The van der Waals surface area contributed by atoms with Crippen LogP contribution in [0.4, 0.5) is 0 Å². The van der Waals surface area contributed by atoms with Crippen molar-refractivity contribution in [3.8, 4) is 10.6 Å². The largest absolute Gasteiger partial charge is 0.355 e. The van der Waals surface area contributed by atoms with Crippen LogP contribution in [0.2, 0.25) is 5.02 Å². The van der Waals surface area contributed by atoms with Gasteiger partial charge in [-0.15, -0.1) is 11.3 Å². The molecule has 0 unspecified atom stereocenters. The van der Waals surface area contributed by atoms with Crippen molar-refractivity contribution in [1.29, 1.82) is 0 Å². The topological polar surface area (TPSA) is 64.2 Å². The fourth-order valence-corrected chi connectivity index (χ4v) is 4.35. The van der Waals surface area contributed by atoms with E-state index in [1.807, 2.05) is 28.5 Å². The van der Waals surface area contributed by atoms with Crippen molar-refractivity contribution in [2.24, 2.45) is 7.05 Å². The van der Waals surface area contributed by atoms with Crippen LogP contribution >= 0.6 is 22.9 Å². The average molecular weight is 391 g/mol. The molecular weight excluding hydrogens is 372 g/mol. The summed E-state index contributed by atoms with van der Waals surface area (Å²) in [5.41, 5.74) is 1.21. The Hall–Kier alpha value is -2.12. The second-order valence-electron chi connectivity index (χ2n) is 6.42. The Kier molecular flexibility index (Phi) is 4.82.